The molecule has 1 aromatic rings. The molecule has 10 heteroatoms. The van der Waals surface area contributed by atoms with Crippen molar-refractivity contribution < 1.29 is 37.6 Å². The number of phenols is 1. The number of aliphatic hydroxyl groups is 1. The molecule has 9 nitrogen and oxygen atoms in total. The van der Waals surface area contributed by atoms with E-state index in [1.165, 1.54) is 12.1 Å². The molecular formula is C15H22N2O7S. The van der Waals surface area contributed by atoms with Crippen LogP contribution in [0.5, 0.6) is 11.5 Å². The van der Waals surface area contributed by atoms with Gasteiger partial charge in [-0.2, -0.15) is 0 Å². The lowest BCUT2D eigenvalue weighted by Gasteiger charge is -2.33. The average Bonchev–Trinajstić information content (AvgIpc) is 2.51. The first-order valence-corrected chi connectivity index (χ1v) is 9.45. The van der Waals surface area contributed by atoms with Gasteiger partial charge in [0.15, 0.2) is 6.61 Å². The van der Waals surface area contributed by atoms with Crippen LogP contribution in [0.3, 0.4) is 0 Å². The quantitative estimate of drug-likeness (QED) is 0.446. The Morgan fingerprint density at radius 1 is 1.36 bits per heavy atom. The summed E-state index contributed by atoms with van der Waals surface area (Å²) >= 11 is 0. The van der Waals surface area contributed by atoms with E-state index >= 15 is 0 Å². The van der Waals surface area contributed by atoms with Crippen LogP contribution in [0.15, 0.2) is 24.3 Å². The molecule has 1 fully saturated rings. The number of carbonyl (C=O) groups excluding carboxylic acids is 1. The van der Waals surface area contributed by atoms with Crippen LogP contribution in [0, 0.1) is 0 Å². The lowest BCUT2D eigenvalue weighted by Crippen LogP contribution is -3.16. The number of piperazine rings is 1. The Balaban J connectivity index is 1.73. The van der Waals surface area contributed by atoms with Crippen molar-refractivity contribution in [2.75, 3.05) is 45.1 Å². The summed E-state index contributed by atoms with van der Waals surface area (Å²) in [7, 11) is -4.45. The molecule has 0 spiro atoms. The first kappa shape index (κ1) is 19.4. The summed E-state index contributed by atoms with van der Waals surface area (Å²) in [6, 6.07) is 6.18. The van der Waals surface area contributed by atoms with Crippen molar-refractivity contribution in [3.63, 3.8) is 0 Å². The Kier molecular flexibility index (Phi) is 6.59. The summed E-state index contributed by atoms with van der Waals surface area (Å²) in [5, 5.41) is 19.0. The molecule has 0 aliphatic carbocycles. The number of ether oxygens (including phenoxy) is 1. The van der Waals surface area contributed by atoms with Crippen molar-refractivity contribution in [3.05, 3.63) is 24.3 Å². The van der Waals surface area contributed by atoms with Crippen molar-refractivity contribution >= 4 is 16.0 Å². The fourth-order valence-electron chi connectivity index (χ4n) is 2.71. The number of aromatic hydroxyl groups is 1. The van der Waals surface area contributed by atoms with Gasteiger partial charge in [0.25, 0.3) is 5.91 Å². The van der Waals surface area contributed by atoms with E-state index in [1.54, 1.807) is 17.0 Å². The van der Waals surface area contributed by atoms with Crippen LogP contribution >= 0.6 is 0 Å². The molecule has 3 N–H and O–H groups in total. The molecule has 0 aromatic heterocycles. The van der Waals surface area contributed by atoms with Crippen LogP contribution in [0.1, 0.15) is 0 Å². The van der Waals surface area contributed by atoms with Crippen LogP contribution in [0.25, 0.3) is 0 Å². The number of phenolic OH excluding ortho intramolecular Hbond substituents is 1. The third kappa shape index (κ3) is 6.86. The molecule has 1 aromatic carbocycles. The second-order valence-electron chi connectivity index (χ2n) is 6.00. The number of aliphatic hydroxyl groups excluding tert-OH is 1. The third-order valence-electron chi connectivity index (χ3n) is 3.92. The zero-order chi connectivity index (χ0) is 18.4. The number of hydrogen-bond acceptors (Lipinski definition) is 7. The molecule has 0 radical (unpaired) electrons. The largest absolute Gasteiger partial charge is 0.748 e. The monoisotopic (exact) mass is 374 g/mol. The predicted molar refractivity (Wildman–Crippen MR) is 86.3 cm³/mol. The van der Waals surface area contributed by atoms with Crippen LogP contribution in [0.4, 0.5) is 0 Å². The number of benzene rings is 1. The minimum Gasteiger partial charge on any atom is -0.748 e. The Morgan fingerprint density at radius 2 is 2.04 bits per heavy atom. The number of rotatable bonds is 7. The van der Waals surface area contributed by atoms with Crippen molar-refractivity contribution in [3.8, 4) is 11.5 Å². The molecule has 0 saturated carbocycles. The van der Waals surface area contributed by atoms with Crippen LogP contribution in [0.2, 0.25) is 0 Å². The first-order chi connectivity index (χ1) is 11.7. The fourth-order valence-corrected chi connectivity index (χ4v) is 3.30. The summed E-state index contributed by atoms with van der Waals surface area (Å²) in [6.07, 6.45) is -1.20. The topological polar surface area (TPSA) is 132 Å². The Hall–Kier alpha value is -1.88. The molecular weight excluding hydrogens is 352 g/mol. The van der Waals surface area contributed by atoms with Crippen molar-refractivity contribution in [1.82, 2.24) is 4.90 Å². The second-order valence-corrected chi connectivity index (χ2v) is 7.45. The van der Waals surface area contributed by atoms with Gasteiger partial charge in [0.1, 0.15) is 24.1 Å². The van der Waals surface area contributed by atoms with Gasteiger partial charge in [-0.05, 0) is 12.1 Å². The standard InChI is InChI=1S/C15H22N2O7S/c18-12-2-1-3-14(8-12)24-10-15(20)17-6-4-16(5-7-17)9-13(19)11-25(21,22)23/h1-3,8,13,18-19H,4-7,9-11H2,(H,21,22,23)/t13-/m1/s1. The molecule has 1 atom stereocenters. The normalized spacial score (nSPS) is 17.3. The van der Waals surface area contributed by atoms with E-state index in [-0.39, 0.29) is 24.8 Å². The second kappa shape index (κ2) is 8.48. The molecule has 0 unspecified atom stereocenters. The molecule has 25 heavy (non-hydrogen) atoms. The van der Waals surface area contributed by atoms with Gasteiger partial charge in [0.2, 0.25) is 0 Å². The maximum Gasteiger partial charge on any atom is 0.260 e. The fraction of sp³-hybridized carbons (Fsp3) is 0.533. The zero-order valence-corrected chi connectivity index (χ0v) is 14.4. The van der Waals surface area contributed by atoms with Gasteiger partial charge in [-0.25, -0.2) is 8.42 Å². The average molecular weight is 374 g/mol. The minimum absolute atomic E-state index is 0.0563. The maximum atomic E-state index is 12.1. The summed E-state index contributed by atoms with van der Waals surface area (Å²) < 4.78 is 37.2. The highest BCUT2D eigenvalue weighted by molar-refractivity contribution is 7.85. The van der Waals surface area contributed by atoms with Crippen LogP contribution < -0.4 is 9.64 Å². The van der Waals surface area contributed by atoms with Crippen LogP contribution in [-0.4, -0.2) is 85.2 Å². The first-order valence-electron chi connectivity index (χ1n) is 7.88. The predicted octanol–water partition coefficient (Wildman–Crippen LogP) is -2.60. The van der Waals surface area contributed by atoms with E-state index in [2.05, 4.69) is 0 Å². The molecule has 0 bridgehead atoms. The summed E-state index contributed by atoms with van der Waals surface area (Å²) in [5.41, 5.74) is 0. The zero-order valence-electron chi connectivity index (χ0n) is 13.6. The van der Waals surface area contributed by atoms with E-state index < -0.39 is 22.0 Å². The Bertz CT molecular complexity index is 687. The third-order valence-corrected chi connectivity index (χ3v) is 4.72. The Labute approximate surface area is 146 Å². The molecule has 1 heterocycles. The SMILES string of the molecule is O=C(COc1cccc(O)c1)N1CC[NH+](C[C@@H](O)CS(=O)(=O)[O-])CC1. The van der Waals surface area contributed by atoms with Crippen molar-refractivity contribution in [1.29, 1.82) is 0 Å². The molecule has 1 saturated heterocycles. The number of amides is 1. The lowest BCUT2D eigenvalue weighted by atomic mass is 10.2. The highest BCUT2D eigenvalue weighted by Gasteiger charge is 2.26. The van der Waals surface area contributed by atoms with Gasteiger partial charge < -0.3 is 29.3 Å². The van der Waals surface area contributed by atoms with Crippen molar-refractivity contribution in [2.24, 2.45) is 0 Å². The van der Waals surface area contributed by atoms with Gasteiger partial charge in [-0.3, -0.25) is 4.79 Å². The molecule has 1 amide bonds. The Morgan fingerprint density at radius 3 is 2.64 bits per heavy atom. The van der Waals surface area contributed by atoms with E-state index in [0.29, 0.717) is 31.9 Å². The van der Waals surface area contributed by atoms with Gasteiger partial charge in [0, 0.05) is 6.07 Å². The molecule has 2 rings (SSSR count). The van der Waals surface area contributed by atoms with E-state index in [0.717, 1.165) is 4.90 Å². The lowest BCUT2D eigenvalue weighted by molar-refractivity contribution is -0.906. The summed E-state index contributed by atoms with van der Waals surface area (Å²) in [4.78, 5) is 14.7. The minimum atomic E-state index is -4.45. The highest BCUT2D eigenvalue weighted by atomic mass is 32.2. The van der Waals surface area contributed by atoms with Gasteiger partial charge in [0.05, 0.1) is 42.1 Å². The molecule has 1 aliphatic rings. The highest BCUT2D eigenvalue weighted by Crippen LogP contribution is 2.17. The molecule has 140 valence electrons. The van der Waals surface area contributed by atoms with Gasteiger partial charge in [-0.1, -0.05) is 6.07 Å². The van der Waals surface area contributed by atoms with E-state index in [1.807, 2.05) is 0 Å². The summed E-state index contributed by atoms with van der Waals surface area (Å²) in [5.74, 6) is -0.526. The molecule has 1 aliphatic heterocycles. The number of nitrogens with zero attached hydrogens (tertiary/aromatic N) is 1. The van der Waals surface area contributed by atoms with Gasteiger partial charge in [-0.15, -0.1) is 0 Å². The maximum absolute atomic E-state index is 12.1. The van der Waals surface area contributed by atoms with Crippen LogP contribution in [-0.2, 0) is 14.9 Å². The number of hydrogen-bond donors (Lipinski definition) is 3. The number of carbonyl (C=O) groups is 1. The number of nitrogens with one attached hydrogen (secondary N) is 1. The smallest absolute Gasteiger partial charge is 0.260 e. The van der Waals surface area contributed by atoms with E-state index in [9.17, 15) is 28.0 Å². The van der Waals surface area contributed by atoms with Crippen molar-refractivity contribution in [2.45, 2.75) is 6.10 Å². The summed E-state index contributed by atoms with van der Waals surface area (Å²) in [6.45, 7) is 2.02. The number of quaternary nitrogens is 1. The van der Waals surface area contributed by atoms with Gasteiger partial charge >= 0.3 is 0 Å². The van der Waals surface area contributed by atoms with E-state index in [4.69, 9.17) is 4.74 Å².